The second-order valence-corrected chi connectivity index (χ2v) is 2.81. The van der Waals surface area contributed by atoms with Gasteiger partial charge >= 0.3 is 25.0 Å². The summed E-state index contributed by atoms with van der Waals surface area (Å²) in [6.45, 7) is 3.66. The van der Waals surface area contributed by atoms with Crippen LogP contribution in [-0.4, -0.2) is 15.8 Å². The van der Waals surface area contributed by atoms with E-state index in [0.717, 1.165) is 5.39 Å². The first-order valence-corrected chi connectivity index (χ1v) is 3.86. The van der Waals surface area contributed by atoms with Gasteiger partial charge in [-0.3, -0.25) is 4.57 Å². The molecule has 0 aliphatic rings. The molecule has 1 N–H and O–H groups in total. The summed E-state index contributed by atoms with van der Waals surface area (Å²) < 4.78 is 1.18. The van der Waals surface area contributed by atoms with Gasteiger partial charge in [-0.1, -0.05) is 23.6 Å². The SMILES string of the molecule is [CH2-]c1cc2ccccc2n1C(=O)O.[Li+]. The molecule has 1 aromatic heterocycles. The zero-order valence-corrected chi connectivity index (χ0v) is 7.90. The molecule has 14 heavy (non-hydrogen) atoms. The summed E-state index contributed by atoms with van der Waals surface area (Å²) >= 11 is 0. The van der Waals surface area contributed by atoms with Crippen molar-refractivity contribution in [1.29, 1.82) is 0 Å². The standard InChI is InChI=1S/C10H8NO2.Li/c1-7-6-8-4-2-3-5-9(8)11(7)10(12)13;/h2-6H,1H2,(H,12,13);/q-1;+1. The van der Waals surface area contributed by atoms with Crippen LogP contribution in [0.1, 0.15) is 5.69 Å². The number of rotatable bonds is 0. The summed E-state index contributed by atoms with van der Waals surface area (Å²) in [4.78, 5) is 10.8. The first-order valence-electron chi connectivity index (χ1n) is 3.86. The van der Waals surface area contributed by atoms with Gasteiger partial charge in [0.15, 0.2) is 0 Å². The Bertz CT molecular complexity index is 476. The van der Waals surface area contributed by atoms with Crippen LogP contribution in [0.3, 0.4) is 0 Å². The van der Waals surface area contributed by atoms with Crippen molar-refractivity contribution in [3.05, 3.63) is 42.9 Å². The third kappa shape index (κ3) is 1.52. The summed E-state index contributed by atoms with van der Waals surface area (Å²) in [5.74, 6) is 0. The van der Waals surface area contributed by atoms with Gasteiger partial charge < -0.3 is 5.11 Å². The number of nitrogens with zero attached hydrogens (tertiary/aromatic N) is 1. The maximum atomic E-state index is 10.8. The monoisotopic (exact) mass is 181 g/mol. The molecular formula is C10H8LiNO2. The summed E-state index contributed by atoms with van der Waals surface area (Å²) in [5.41, 5.74) is 1.17. The number of aromatic nitrogens is 1. The number of para-hydroxylation sites is 1. The molecule has 0 fully saturated rings. The molecule has 0 radical (unpaired) electrons. The van der Waals surface area contributed by atoms with Crippen molar-refractivity contribution in [2.75, 3.05) is 0 Å². The number of carboxylic acid groups (broad SMARTS) is 1. The maximum Gasteiger partial charge on any atom is 1.00 e. The van der Waals surface area contributed by atoms with Crippen LogP contribution in [0, 0.1) is 6.92 Å². The molecule has 1 heterocycles. The van der Waals surface area contributed by atoms with Crippen molar-refractivity contribution in [3.63, 3.8) is 0 Å². The molecule has 0 amide bonds. The van der Waals surface area contributed by atoms with Crippen molar-refractivity contribution < 1.29 is 28.8 Å². The van der Waals surface area contributed by atoms with Gasteiger partial charge in [0.1, 0.15) is 0 Å². The number of carbonyl (C=O) groups is 1. The molecule has 0 unspecified atom stereocenters. The number of hydrogen-bond acceptors (Lipinski definition) is 1. The quantitative estimate of drug-likeness (QED) is 0.433. The van der Waals surface area contributed by atoms with Gasteiger partial charge in [0.05, 0.1) is 0 Å². The molecule has 2 aromatic rings. The summed E-state index contributed by atoms with van der Waals surface area (Å²) in [6, 6.07) is 9.06. The van der Waals surface area contributed by atoms with Crippen LogP contribution in [0.5, 0.6) is 0 Å². The fourth-order valence-electron chi connectivity index (χ4n) is 1.44. The minimum Gasteiger partial charge on any atom is -0.464 e. The fourth-order valence-corrected chi connectivity index (χ4v) is 1.44. The summed E-state index contributed by atoms with van der Waals surface area (Å²) in [7, 11) is 0. The molecule has 0 atom stereocenters. The van der Waals surface area contributed by atoms with E-state index in [1.54, 1.807) is 18.2 Å². The van der Waals surface area contributed by atoms with E-state index in [0.29, 0.717) is 11.2 Å². The van der Waals surface area contributed by atoms with Crippen molar-refractivity contribution in [3.8, 4) is 0 Å². The van der Waals surface area contributed by atoms with Gasteiger partial charge in [-0.05, 0) is 6.07 Å². The van der Waals surface area contributed by atoms with E-state index in [4.69, 9.17) is 5.11 Å². The van der Waals surface area contributed by atoms with E-state index < -0.39 is 6.09 Å². The first kappa shape index (κ1) is 10.8. The van der Waals surface area contributed by atoms with E-state index in [1.807, 2.05) is 12.1 Å². The van der Waals surface area contributed by atoms with Crippen LogP contribution in [0.25, 0.3) is 10.9 Å². The average molecular weight is 181 g/mol. The summed E-state index contributed by atoms with van der Waals surface area (Å²) in [6.07, 6.45) is -0.994. The zero-order chi connectivity index (χ0) is 9.42. The molecule has 1 aromatic carbocycles. The van der Waals surface area contributed by atoms with Gasteiger partial charge in [0.2, 0.25) is 0 Å². The van der Waals surface area contributed by atoms with E-state index in [1.165, 1.54) is 4.57 Å². The van der Waals surface area contributed by atoms with Crippen LogP contribution in [-0.2, 0) is 0 Å². The Morgan fingerprint density at radius 1 is 1.36 bits per heavy atom. The second kappa shape index (κ2) is 3.83. The van der Waals surface area contributed by atoms with Gasteiger partial charge in [-0.25, -0.2) is 11.7 Å². The third-order valence-corrected chi connectivity index (χ3v) is 1.98. The predicted octanol–water partition coefficient (Wildman–Crippen LogP) is -0.646. The van der Waals surface area contributed by atoms with Crippen LogP contribution >= 0.6 is 0 Å². The van der Waals surface area contributed by atoms with Crippen molar-refractivity contribution >= 4 is 17.0 Å². The molecule has 0 saturated heterocycles. The summed E-state index contributed by atoms with van der Waals surface area (Å²) in [5, 5.41) is 9.77. The molecule has 0 saturated carbocycles. The molecular weight excluding hydrogens is 173 g/mol. The maximum absolute atomic E-state index is 10.8. The Morgan fingerprint density at radius 3 is 2.64 bits per heavy atom. The normalized spacial score (nSPS) is 9.71. The average Bonchev–Trinajstić information content (AvgIpc) is 2.39. The Kier molecular flexibility index (Phi) is 2.95. The van der Waals surface area contributed by atoms with Crippen LogP contribution in [0.4, 0.5) is 4.79 Å². The molecule has 66 valence electrons. The first-order chi connectivity index (χ1) is 6.20. The number of hydrogen-bond donors (Lipinski definition) is 1. The van der Waals surface area contributed by atoms with Gasteiger partial charge in [-0.15, -0.1) is 5.69 Å². The van der Waals surface area contributed by atoms with Gasteiger partial charge in [0, 0.05) is 5.52 Å². The van der Waals surface area contributed by atoms with E-state index in [-0.39, 0.29) is 18.9 Å². The van der Waals surface area contributed by atoms with Crippen molar-refractivity contribution in [2.45, 2.75) is 0 Å². The molecule has 0 bridgehead atoms. The van der Waals surface area contributed by atoms with Gasteiger partial charge in [-0.2, -0.15) is 6.07 Å². The van der Waals surface area contributed by atoms with Crippen LogP contribution in [0.15, 0.2) is 30.3 Å². The van der Waals surface area contributed by atoms with Crippen LogP contribution in [0.2, 0.25) is 0 Å². The van der Waals surface area contributed by atoms with E-state index >= 15 is 0 Å². The molecule has 0 aliphatic heterocycles. The third-order valence-electron chi connectivity index (χ3n) is 1.98. The zero-order valence-electron chi connectivity index (χ0n) is 7.90. The predicted molar refractivity (Wildman–Crippen MR) is 49.8 cm³/mol. The van der Waals surface area contributed by atoms with E-state index in [2.05, 4.69) is 6.92 Å². The second-order valence-electron chi connectivity index (χ2n) is 2.81. The van der Waals surface area contributed by atoms with Crippen molar-refractivity contribution in [2.24, 2.45) is 0 Å². The largest absolute Gasteiger partial charge is 1.00 e. The Hall–Kier alpha value is -1.30. The minimum absolute atomic E-state index is 0. The molecule has 4 heteroatoms. The number of fused-ring (bicyclic) bond motifs is 1. The van der Waals surface area contributed by atoms with Gasteiger partial charge in [0.25, 0.3) is 0 Å². The Balaban J connectivity index is 0.000000980. The van der Waals surface area contributed by atoms with E-state index in [9.17, 15) is 4.79 Å². The molecule has 0 spiro atoms. The smallest absolute Gasteiger partial charge is 0.464 e. The molecule has 3 nitrogen and oxygen atoms in total. The molecule has 0 aliphatic carbocycles. The van der Waals surface area contributed by atoms with Crippen molar-refractivity contribution in [1.82, 2.24) is 4.57 Å². The minimum atomic E-state index is -0.994. The van der Waals surface area contributed by atoms with Crippen LogP contribution < -0.4 is 18.9 Å². The number of benzene rings is 1. The molecule has 2 rings (SSSR count). The topological polar surface area (TPSA) is 42.2 Å². The Labute approximate surface area is 93.5 Å². The Morgan fingerprint density at radius 2 is 2.00 bits per heavy atom. The fraction of sp³-hybridized carbons (Fsp3) is 0.